The van der Waals surface area contributed by atoms with Crippen LogP contribution in [0.5, 0.6) is 17.2 Å². The lowest BCUT2D eigenvalue weighted by atomic mass is 10.1. The van der Waals surface area contributed by atoms with Crippen molar-refractivity contribution in [1.29, 1.82) is 0 Å². The van der Waals surface area contributed by atoms with Gasteiger partial charge in [0.1, 0.15) is 27.7 Å². The molecule has 0 radical (unpaired) electrons. The first-order valence-corrected chi connectivity index (χ1v) is 12.3. The Morgan fingerprint density at radius 3 is 2.03 bits per heavy atom. The van der Waals surface area contributed by atoms with Crippen LogP contribution in [-0.2, 0) is 37.5 Å². The van der Waals surface area contributed by atoms with Crippen LogP contribution >= 0.6 is 0 Å². The van der Waals surface area contributed by atoms with Gasteiger partial charge in [0.2, 0.25) is 0 Å². The molecule has 4 rings (SSSR count). The van der Waals surface area contributed by atoms with Crippen molar-refractivity contribution < 1.29 is 37.0 Å². The largest absolute Gasteiger partial charge is 0.496 e. The number of hydrogen-bond donors (Lipinski definition) is 1. The third-order valence-corrected chi connectivity index (χ3v) is 6.71. The summed E-state index contributed by atoms with van der Waals surface area (Å²) in [7, 11) is -1.04. The first-order valence-electron chi connectivity index (χ1n) is 10.8. The Balaban J connectivity index is 1.35. The van der Waals surface area contributed by atoms with E-state index in [1.165, 1.54) is 14.2 Å². The van der Waals surface area contributed by atoms with Gasteiger partial charge < -0.3 is 18.9 Å². The predicted molar refractivity (Wildman–Crippen MR) is 131 cm³/mol. The Hall–Kier alpha value is -4.15. The molecule has 0 unspecified atom stereocenters. The molecule has 186 valence electrons. The van der Waals surface area contributed by atoms with E-state index in [4.69, 9.17) is 18.9 Å². The summed E-state index contributed by atoms with van der Waals surface area (Å²) in [5, 5.41) is 0. The smallest absolute Gasteiger partial charge is 0.345 e. The number of nitrogens with one attached hydrogen (secondary N) is 1. The topological polar surface area (TPSA) is 117 Å². The summed E-state index contributed by atoms with van der Waals surface area (Å²) in [5.74, 6) is -0.0236. The average molecular weight is 510 g/mol. The summed E-state index contributed by atoms with van der Waals surface area (Å²) < 4.78 is 47.5. The molecule has 0 spiro atoms. The van der Waals surface area contributed by atoms with E-state index < -0.39 is 21.9 Å². The lowest BCUT2D eigenvalue weighted by Crippen LogP contribution is -2.22. The molecule has 0 bridgehead atoms. The van der Waals surface area contributed by atoms with Crippen LogP contribution in [-0.4, -0.2) is 34.5 Å². The van der Waals surface area contributed by atoms with Gasteiger partial charge in [-0.3, -0.25) is 4.79 Å². The summed E-state index contributed by atoms with van der Waals surface area (Å²) in [5.41, 5.74) is 2.39. The van der Waals surface area contributed by atoms with Crippen LogP contribution in [0.15, 0.2) is 72.8 Å². The van der Waals surface area contributed by atoms with Gasteiger partial charge in [-0.2, -0.15) is 0 Å². The van der Waals surface area contributed by atoms with Gasteiger partial charge in [-0.1, -0.05) is 42.5 Å². The maximum Gasteiger partial charge on any atom is 0.345 e. The third kappa shape index (κ3) is 5.56. The van der Waals surface area contributed by atoms with E-state index in [0.29, 0.717) is 36.0 Å². The van der Waals surface area contributed by atoms with Gasteiger partial charge in [0.25, 0.3) is 15.9 Å². The molecule has 3 aromatic carbocycles. The van der Waals surface area contributed by atoms with E-state index in [9.17, 15) is 18.0 Å². The van der Waals surface area contributed by atoms with Crippen LogP contribution in [0, 0.1) is 0 Å². The highest BCUT2D eigenvalue weighted by Gasteiger charge is 2.28. The third-order valence-electron chi connectivity index (χ3n) is 5.31. The molecule has 1 aliphatic heterocycles. The zero-order valence-corrected chi connectivity index (χ0v) is 20.3. The monoisotopic (exact) mass is 509 g/mol. The Labute approximate surface area is 208 Å². The van der Waals surface area contributed by atoms with Crippen molar-refractivity contribution in [3.05, 3.63) is 95.1 Å². The van der Waals surface area contributed by atoms with Gasteiger partial charge in [0.05, 0.1) is 27.4 Å². The molecule has 0 saturated carbocycles. The predicted octanol–water partition coefficient (Wildman–Crippen LogP) is 3.79. The molecule has 36 heavy (non-hydrogen) atoms. The van der Waals surface area contributed by atoms with Crippen LogP contribution in [0.1, 0.15) is 27.0 Å². The zero-order valence-electron chi connectivity index (χ0n) is 19.5. The first kappa shape index (κ1) is 25.0. The van der Waals surface area contributed by atoms with E-state index in [0.717, 1.165) is 17.2 Å². The molecule has 1 N–H and O–H groups in total. The highest BCUT2D eigenvalue weighted by molar-refractivity contribution is 7.99. The summed E-state index contributed by atoms with van der Waals surface area (Å²) >= 11 is 0. The number of ether oxygens (including phenoxy) is 4. The van der Waals surface area contributed by atoms with Gasteiger partial charge in [0.15, 0.2) is 0 Å². The quantitative estimate of drug-likeness (QED) is 0.433. The maximum absolute atomic E-state index is 12.2. The number of methoxy groups -OCH3 is 2. The number of carbonyl (C=O) groups is 2. The number of esters is 1. The van der Waals surface area contributed by atoms with Crippen LogP contribution in [0.25, 0.3) is 4.91 Å². The minimum atomic E-state index is -3.80. The van der Waals surface area contributed by atoms with E-state index in [2.05, 4.69) is 0 Å². The highest BCUT2D eigenvalue weighted by atomic mass is 32.2. The van der Waals surface area contributed by atoms with Gasteiger partial charge in [-0.15, -0.1) is 0 Å². The fourth-order valence-electron chi connectivity index (χ4n) is 3.55. The molecule has 0 atom stereocenters. The number of sulfonamides is 1. The number of amides is 1. The molecule has 0 saturated heterocycles. The lowest BCUT2D eigenvalue weighted by Gasteiger charge is -2.13. The minimum Gasteiger partial charge on any atom is -0.496 e. The van der Waals surface area contributed by atoms with Crippen molar-refractivity contribution in [3.8, 4) is 17.2 Å². The zero-order chi connectivity index (χ0) is 25.7. The molecule has 0 aliphatic carbocycles. The van der Waals surface area contributed by atoms with Gasteiger partial charge in [-0.05, 0) is 41.0 Å². The Bertz CT molecular complexity index is 1410. The first-order chi connectivity index (χ1) is 17.3. The molecule has 0 fully saturated rings. The molecule has 3 aromatic rings. The van der Waals surface area contributed by atoms with E-state index in [1.54, 1.807) is 54.6 Å². The molecule has 1 amide bonds. The van der Waals surface area contributed by atoms with Crippen LogP contribution in [0.3, 0.4) is 0 Å². The summed E-state index contributed by atoms with van der Waals surface area (Å²) in [6.45, 7) is 0.653. The normalized spacial score (nSPS) is 14.1. The van der Waals surface area contributed by atoms with Gasteiger partial charge in [-0.25, -0.2) is 17.9 Å². The summed E-state index contributed by atoms with van der Waals surface area (Å²) in [6.07, 6.45) is 1.07. The van der Waals surface area contributed by atoms with Crippen molar-refractivity contribution in [2.24, 2.45) is 0 Å². The van der Waals surface area contributed by atoms with Crippen molar-refractivity contribution >= 4 is 26.8 Å². The summed E-state index contributed by atoms with van der Waals surface area (Å²) in [4.78, 5) is 23.5. The second-order valence-electron chi connectivity index (χ2n) is 7.74. The fourth-order valence-corrected chi connectivity index (χ4v) is 4.70. The fraction of sp³-hybridized carbons (Fsp3) is 0.154. The lowest BCUT2D eigenvalue weighted by molar-refractivity contribution is -0.114. The molecule has 10 heteroatoms. The number of carbonyl (C=O) groups excluding carboxylic acids is 2. The highest BCUT2D eigenvalue weighted by Crippen LogP contribution is 2.32. The minimum absolute atomic E-state index is 0.0464. The second kappa shape index (κ2) is 10.6. The van der Waals surface area contributed by atoms with Crippen LogP contribution < -0.4 is 14.2 Å². The van der Waals surface area contributed by atoms with Gasteiger partial charge >= 0.3 is 5.97 Å². The summed E-state index contributed by atoms with van der Waals surface area (Å²) in [6, 6.07) is 19.0. The number of hydrogen-bond acceptors (Lipinski definition) is 8. The van der Waals surface area contributed by atoms with E-state index in [1.807, 2.05) is 16.9 Å². The van der Waals surface area contributed by atoms with Gasteiger partial charge in [0, 0.05) is 6.08 Å². The van der Waals surface area contributed by atoms with Crippen molar-refractivity contribution in [2.75, 3.05) is 14.2 Å². The molecular weight excluding hydrogens is 486 g/mol. The van der Waals surface area contributed by atoms with Crippen molar-refractivity contribution in [3.63, 3.8) is 0 Å². The Morgan fingerprint density at radius 2 is 1.47 bits per heavy atom. The standard InChI is InChI=1S/C26H23NO8S/c1-32-21-4-3-5-22(25(21)26(29)33-2)35-20-12-8-18(9-13-20)16-34-15-17-6-10-19(11-7-17)23-14-24(28)27-36(23,30)31/h3-14H,15-16H2,1-2H3,(H,27,28). The Kier molecular flexibility index (Phi) is 7.37. The van der Waals surface area contributed by atoms with Crippen molar-refractivity contribution in [2.45, 2.75) is 13.2 Å². The molecule has 1 aliphatic rings. The average Bonchev–Trinajstić information content (AvgIpc) is 3.16. The van der Waals surface area contributed by atoms with E-state index in [-0.39, 0.29) is 10.5 Å². The number of benzene rings is 3. The second-order valence-corrected chi connectivity index (χ2v) is 9.39. The van der Waals surface area contributed by atoms with Crippen LogP contribution in [0.4, 0.5) is 0 Å². The molecule has 9 nitrogen and oxygen atoms in total. The molecule has 0 aromatic heterocycles. The van der Waals surface area contributed by atoms with Crippen molar-refractivity contribution in [1.82, 2.24) is 4.72 Å². The van der Waals surface area contributed by atoms with E-state index >= 15 is 0 Å². The maximum atomic E-state index is 12.2. The SMILES string of the molecule is COC(=O)c1c(OC)cccc1Oc1ccc(COCc2ccc(C3=CC(=O)NS3(=O)=O)cc2)cc1. The van der Waals surface area contributed by atoms with Crippen LogP contribution in [0.2, 0.25) is 0 Å². The number of rotatable bonds is 9. The Morgan fingerprint density at radius 1 is 0.861 bits per heavy atom. The molecule has 1 heterocycles. The molecular formula is C26H23NO8S.